The van der Waals surface area contributed by atoms with Gasteiger partial charge in [0.05, 0.1) is 11.8 Å². The topological polar surface area (TPSA) is 115 Å². The molecule has 0 spiro atoms. The van der Waals surface area contributed by atoms with Crippen LogP contribution in [0.25, 0.3) is 5.57 Å². The number of amidine groups is 1. The van der Waals surface area contributed by atoms with Crippen molar-refractivity contribution < 1.29 is 13.9 Å². The lowest BCUT2D eigenvalue weighted by Crippen LogP contribution is -2.51. The third kappa shape index (κ3) is 6.10. The minimum atomic E-state index is 0.181. The van der Waals surface area contributed by atoms with Crippen LogP contribution in [0.1, 0.15) is 39.0 Å². The summed E-state index contributed by atoms with van der Waals surface area (Å²) in [4.78, 5) is 25.3. The number of fused-ring (bicyclic) bond motifs is 1. The predicted octanol–water partition coefficient (Wildman–Crippen LogP) is 2.03. The Morgan fingerprint density at radius 2 is 1.85 bits per heavy atom. The zero-order valence-corrected chi connectivity index (χ0v) is 24.9. The van der Waals surface area contributed by atoms with Crippen molar-refractivity contribution in [2.75, 3.05) is 65.3 Å². The molecule has 0 unspecified atom stereocenters. The maximum absolute atomic E-state index is 10.3. The van der Waals surface area contributed by atoms with Crippen molar-refractivity contribution in [2.45, 2.75) is 51.1 Å². The van der Waals surface area contributed by atoms with Crippen molar-refractivity contribution in [1.82, 2.24) is 14.8 Å². The molecule has 0 bridgehead atoms. The van der Waals surface area contributed by atoms with Crippen molar-refractivity contribution in [3.8, 4) is 0 Å². The second-order valence-electron chi connectivity index (χ2n) is 11.4. The van der Waals surface area contributed by atoms with Gasteiger partial charge in [-0.15, -0.1) is 0 Å². The summed E-state index contributed by atoms with van der Waals surface area (Å²) in [7, 11) is 2.21. The van der Waals surface area contributed by atoms with Crippen LogP contribution in [0.15, 0.2) is 44.3 Å². The molecule has 0 aromatic carbocycles. The van der Waals surface area contributed by atoms with Crippen LogP contribution >= 0.6 is 12.0 Å². The number of hydrogen-bond donors (Lipinski definition) is 2. The highest BCUT2D eigenvalue weighted by molar-refractivity contribution is 7.98. The molecule has 3 fully saturated rings. The van der Waals surface area contributed by atoms with Gasteiger partial charge in [0.15, 0.2) is 11.7 Å². The third-order valence-electron chi connectivity index (χ3n) is 8.84. The molecule has 41 heavy (non-hydrogen) atoms. The summed E-state index contributed by atoms with van der Waals surface area (Å²) in [6, 6.07) is 0.824. The van der Waals surface area contributed by atoms with E-state index in [0.717, 1.165) is 117 Å². The number of pyridine rings is 1. The van der Waals surface area contributed by atoms with E-state index in [4.69, 9.17) is 25.4 Å². The summed E-state index contributed by atoms with van der Waals surface area (Å²) >= 11 is 0.799. The van der Waals surface area contributed by atoms with Crippen molar-refractivity contribution >= 4 is 46.4 Å². The largest absolute Gasteiger partial charge is 0.382 e. The minimum Gasteiger partial charge on any atom is -0.382 e. The monoisotopic (exact) mass is 577 g/mol. The lowest BCUT2D eigenvalue weighted by Gasteiger charge is -2.39. The van der Waals surface area contributed by atoms with Crippen molar-refractivity contribution in [2.24, 2.45) is 15.0 Å². The van der Waals surface area contributed by atoms with Gasteiger partial charge in [-0.2, -0.15) is 0 Å². The number of likely N-dealkylation sites (N-methyl/N-ethyl adjacent to an activating group) is 1. The molecule has 5 heterocycles. The molecule has 6 rings (SSSR count). The number of anilines is 1. The molecule has 3 N–H and O–H groups in total. The van der Waals surface area contributed by atoms with Gasteiger partial charge in [-0.1, -0.05) is 6.92 Å². The van der Waals surface area contributed by atoms with Crippen LogP contribution in [0.4, 0.5) is 11.5 Å². The molecule has 0 amide bonds. The SMILES string of the molecule is CCC1=Nc2c(N)ncc(=C3C=CC(=[N+]4CCC(N5CCN(C)CC5)CC4)C(SO)=C3)c2=NC1=NC1CCOCC1. The molecule has 3 saturated heterocycles. The average Bonchev–Trinajstić information content (AvgIpc) is 3.02. The Bertz CT molecular complexity index is 1440. The van der Waals surface area contributed by atoms with Crippen LogP contribution in [-0.4, -0.2) is 113 Å². The first-order valence-electron chi connectivity index (χ1n) is 14.9. The fourth-order valence-electron chi connectivity index (χ4n) is 6.30. The van der Waals surface area contributed by atoms with Gasteiger partial charge in [0.2, 0.25) is 5.71 Å². The lowest BCUT2D eigenvalue weighted by atomic mass is 10.0. The van der Waals surface area contributed by atoms with Gasteiger partial charge >= 0.3 is 0 Å². The van der Waals surface area contributed by atoms with Crippen LogP contribution in [0.3, 0.4) is 0 Å². The molecular weight excluding hydrogens is 536 g/mol. The highest BCUT2D eigenvalue weighted by Crippen LogP contribution is 2.25. The lowest BCUT2D eigenvalue weighted by molar-refractivity contribution is -0.539. The summed E-state index contributed by atoms with van der Waals surface area (Å²) in [6.07, 6.45) is 12.8. The van der Waals surface area contributed by atoms with Crippen molar-refractivity contribution in [1.29, 1.82) is 0 Å². The number of rotatable bonds is 4. The van der Waals surface area contributed by atoms with E-state index < -0.39 is 0 Å². The highest BCUT2D eigenvalue weighted by Gasteiger charge is 2.31. The Labute approximate surface area is 246 Å². The summed E-state index contributed by atoms with van der Waals surface area (Å²) in [5.41, 5.74) is 9.71. The van der Waals surface area contributed by atoms with E-state index >= 15 is 0 Å². The molecule has 0 atom stereocenters. The maximum Gasteiger partial charge on any atom is 0.215 e. The molecule has 0 radical (unpaired) electrons. The Balaban J connectivity index is 1.32. The number of nitrogens with zero attached hydrogens (tertiary/aromatic N) is 7. The molecule has 0 saturated carbocycles. The number of aliphatic imine (C=N–C) groups is 2. The fourth-order valence-corrected chi connectivity index (χ4v) is 6.77. The van der Waals surface area contributed by atoms with E-state index in [1.165, 1.54) is 0 Å². The molecule has 1 aromatic heterocycles. The van der Waals surface area contributed by atoms with Crippen molar-refractivity contribution in [3.05, 3.63) is 39.9 Å². The summed E-state index contributed by atoms with van der Waals surface area (Å²) in [5, 5.41) is 1.53. The molecule has 1 aromatic rings. The van der Waals surface area contributed by atoms with Crippen molar-refractivity contribution in [3.63, 3.8) is 0 Å². The van der Waals surface area contributed by atoms with E-state index in [2.05, 4.69) is 45.5 Å². The van der Waals surface area contributed by atoms with Crippen LogP contribution in [0.2, 0.25) is 0 Å². The molecule has 10 nitrogen and oxygen atoms in total. The maximum atomic E-state index is 10.3. The Morgan fingerprint density at radius 3 is 2.56 bits per heavy atom. The second kappa shape index (κ2) is 12.7. The second-order valence-corrected chi connectivity index (χ2v) is 12.0. The van der Waals surface area contributed by atoms with Gasteiger partial charge in [0.25, 0.3) is 0 Å². The Morgan fingerprint density at radius 1 is 1.10 bits per heavy atom. The van der Waals surface area contributed by atoms with Crippen LogP contribution in [0.5, 0.6) is 0 Å². The van der Waals surface area contributed by atoms with E-state index in [-0.39, 0.29) is 6.04 Å². The Hall–Kier alpha value is -2.70. The summed E-state index contributed by atoms with van der Waals surface area (Å²) < 4.78 is 18.3. The molecule has 1 aliphatic carbocycles. The molecular formula is C30H41N8O2S+. The van der Waals surface area contributed by atoms with Gasteiger partial charge < -0.3 is 19.9 Å². The minimum absolute atomic E-state index is 0.181. The van der Waals surface area contributed by atoms with Crippen LogP contribution < -0.4 is 16.3 Å². The summed E-state index contributed by atoms with van der Waals surface area (Å²) in [6.45, 7) is 10.1. The number of aromatic nitrogens is 1. The van der Waals surface area contributed by atoms with Crippen LogP contribution in [0, 0.1) is 0 Å². The first kappa shape index (κ1) is 28.4. The van der Waals surface area contributed by atoms with Gasteiger partial charge in [0, 0.05) is 87.8 Å². The number of allylic oxidation sites excluding steroid dienone is 4. The van der Waals surface area contributed by atoms with Gasteiger partial charge in [0.1, 0.15) is 29.0 Å². The fraction of sp³-hybridized carbons (Fsp3) is 0.567. The number of nitrogens with two attached hydrogens (primary N) is 1. The summed E-state index contributed by atoms with van der Waals surface area (Å²) in [5.74, 6) is 1.04. The zero-order chi connectivity index (χ0) is 28.3. The van der Waals surface area contributed by atoms with Gasteiger partial charge in [-0.3, -0.25) is 9.89 Å². The number of nitrogen functional groups attached to an aromatic ring is 1. The van der Waals surface area contributed by atoms with Gasteiger partial charge in [-0.25, -0.2) is 19.5 Å². The Kier molecular flexibility index (Phi) is 8.78. The number of hydrogen-bond acceptors (Lipinski definition) is 9. The highest BCUT2D eigenvalue weighted by atomic mass is 32.2. The third-order valence-corrected chi connectivity index (χ3v) is 9.36. The number of piperidine rings is 1. The first-order chi connectivity index (χ1) is 20.0. The molecule has 11 heteroatoms. The average molecular weight is 578 g/mol. The first-order valence-corrected chi connectivity index (χ1v) is 15.7. The quantitative estimate of drug-likeness (QED) is 0.416. The van der Waals surface area contributed by atoms with Gasteiger partial charge in [-0.05, 0) is 44.0 Å². The number of ether oxygens (including phenoxy) is 1. The van der Waals surface area contributed by atoms with E-state index in [1.807, 2.05) is 6.08 Å². The zero-order valence-electron chi connectivity index (χ0n) is 24.1. The smallest absolute Gasteiger partial charge is 0.215 e. The van der Waals surface area contributed by atoms with Crippen LogP contribution in [-0.2, 0) is 4.74 Å². The molecule has 5 aliphatic rings. The predicted molar refractivity (Wildman–Crippen MR) is 166 cm³/mol. The number of piperazine rings is 1. The van der Waals surface area contributed by atoms with E-state index in [1.54, 1.807) is 6.20 Å². The standard InChI is InChI=1S/C30H40N8O2S/c1-3-24-30(33-21-8-16-40-17-9-21)35-27-23(19-32-29(31)28(27)34-24)20-4-5-25(26(18-20)41-39)38-10-6-22(7-11-38)37-14-12-36(2)13-15-37/h4-5,18-19,21-22H,3,6-17H2,1-2H3,(H2-,31,32,39)/p+1. The van der Waals surface area contributed by atoms with E-state index in [9.17, 15) is 4.55 Å². The normalized spacial score (nSPS) is 27.0. The molecule has 218 valence electrons. The molecule has 4 aliphatic heterocycles. The van der Waals surface area contributed by atoms with E-state index in [0.29, 0.717) is 35.2 Å².